The Morgan fingerprint density at radius 2 is 1.79 bits per heavy atom. The molecule has 1 amide bonds. The number of rotatable bonds is 6. The molecule has 1 atom stereocenters. The standard InChI is InChI=1S/C21H25N5OS/c1-15(19(27)23-21(2,3)4)28-20-25-24-18(17-10-12-22-13-11-17)26(20)14-16-8-6-5-7-9-16/h5-13,15H,14H2,1-4H3,(H,23,27)/t15-/m0/s1. The summed E-state index contributed by atoms with van der Waals surface area (Å²) < 4.78 is 2.05. The molecule has 0 saturated carbocycles. The second kappa shape index (κ2) is 8.56. The van der Waals surface area contributed by atoms with E-state index in [1.54, 1.807) is 12.4 Å². The molecule has 1 N–H and O–H groups in total. The highest BCUT2D eigenvalue weighted by Gasteiger charge is 2.23. The Labute approximate surface area is 169 Å². The monoisotopic (exact) mass is 395 g/mol. The fourth-order valence-corrected chi connectivity index (χ4v) is 3.53. The van der Waals surface area contributed by atoms with Crippen molar-refractivity contribution in [2.75, 3.05) is 0 Å². The van der Waals surface area contributed by atoms with E-state index in [0.29, 0.717) is 11.7 Å². The lowest BCUT2D eigenvalue weighted by molar-refractivity contribution is -0.121. The number of hydrogen-bond acceptors (Lipinski definition) is 5. The van der Waals surface area contributed by atoms with Gasteiger partial charge in [-0.25, -0.2) is 0 Å². The van der Waals surface area contributed by atoms with Gasteiger partial charge in [-0.05, 0) is 45.4 Å². The number of aromatic nitrogens is 4. The van der Waals surface area contributed by atoms with Gasteiger partial charge in [0.2, 0.25) is 5.91 Å². The van der Waals surface area contributed by atoms with Gasteiger partial charge < -0.3 is 5.32 Å². The van der Waals surface area contributed by atoms with Crippen LogP contribution in [0.3, 0.4) is 0 Å². The molecular weight excluding hydrogens is 370 g/mol. The first kappa shape index (κ1) is 20.1. The van der Waals surface area contributed by atoms with Crippen LogP contribution >= 0.6 is 11.8 Å². The minimum Gasteiger partial charge on any atom is -0.351 e. The summed E-state index contributed by atoms with van der Waals surface area (Å²) in [7, 11) is 0. The lowest BCUT2D eigenvalue weighted by atomic mass is 10.1. The van der Waals surface area contributed by atoms with Gasteiger partial charge in [-0.15, -0.1) is 10.2 Å². The van der Waals surface area contributed by atoms with Crippen LogP contribution in [0, 0.1) is 0 Å². The van der Waals surface area contributed by atoms with Crippen LogP contribution in [0.2, 0.25) is 0 Å². The van der Waals surface area contributed by atoms with Crippen molar-refractivity contribution in [1.29, 1.82) is 0 Å². The fourth-order valence-electron chi connectivity index (χ4n) is 2.68. The number of carbonyl (C=O) groups excluding carboxylic acids is 1. The zero-order valence-corrected chi connectivity index (χ0v) is 17.4. The number of nitrogens with one attached hydrogen (secondary N) is 1. The Morgan fingerprint density at radius 1 is 1.11 bits per heavy atom. The molecule has 0 bridgehead atoms. The first-order valence-corrected chi connectivity index (χ1v) is 10.1. The third kappa shape index (κ3) is 5.19. The van der Waals surface area contributed by atoms with Gasteiger partial charge in [0.1, 0.15) is 0 Å². The third-order valence-corrected chi connectivity index (χ3v) is 5.07. The molecule has 3 rings (SSSR count). The number of carbonyl (C=O) groups is 1. The number of thioether (sulfide) groups is 1. The topological polar surface area (TPSA) is 72.7 Å². The SMILES string of the molecule is C[C@H](Sc1nnc(-c2ccncc2)n1Cc1ccccc1)C(=O)NC(C)(C)C. The lowest BCUT2D eigenvalue weighted by Crippen LogP contribution is -2.44. The van der Waals surface area contributed by atoms with E-state index in [4.69, 9.17) is 0 Å². The predicted molar refractivity (Wildman–Crippen MR) is 112 cm³/mol. The molecule has 0 saturated heterocycles. The summed E-state index contributed by atoms with van der Waals surface area (Å²) >= 11 is 1.42. The van der Waals surface area contributed by atoms with Gasteiger partial charge in [0.05, 0.1) is 11.8 Å². The van der Waals surface area contributed by atoms with Crippen LogP contribution in [0.5, 0.6) is 0 Å². The van der Waals surface area contributed by atoms with Crippen molar-refractivity contribution in [3.8, 4) is 11.4 Å². The van der Waals surface area contributed by atoms with Gasteiger partial charge in [0.15, 0.2) is 11.0 Å². The van der Waals surface area contributed by atoms with Crippen LogP contribution in [0.1, 0.15) is 33.3 Å². The Hall–Kier alpha value is -2.67. The van der Waals surface area contributed by atoms with Gasteiger partial charge in [-0.3, -0.25) is 14.3 Å². The number of hydrogen-bond donors (Lipinski definition) is 1. The summed E-state index contributed by atoms with van der Waals surface area (Å²) in [5, 5.41) is 12.2. The van der Waals surface area contributed by atoms with Crippen molar-refractivity contribution >= 4 is 17.7 Å². The van der Waals surface area contributed by atoms with Crippen LogP contribution in [-0.4, -0.2) is 36.4 Å². The van der Waals surface area contributed by atoms with Crippen molar-refractivity contribution in [3.63, 3.8) is 0 Å². The second-order valence-corrected chi connectivity index (χ2v) is 8.92. The summed E-state index contributed by atoms with van der Waals surface area (Å²) in [5.41, 5.74) is 1.81. The van der Waals surface area contributed by atoms with E-state index >= 15 is 0 Å². The highest BCUT2D eigenvalue weighted by Crippen LogP contribution is 2.28. The third-order valence-electron chi connectivity index (χ3n) is 3.99. The van der Waals surface area contributed by atoms with Crippen LogP contribution in [-0.2, 0) is 11.3 Å². The number of benzene rings is 1. The number of pyridine rings is 1. The van der Waals surface area contributed by atoms with E-state index in [1.807, 2.05) is 58.0 Å². The Bertz CT molecular complexity index is 919. The van der Waals surface area contributed by atoms with E-state index in [2.05, 4.69) is 37.2 Å². The summed E-state index contributed by atoms with van der Waals surface area (Å²) in [5.74, 6) is 0.745. The highest BCUT2D eigenvalue weighted by molar-refractivity contribution is 8.00. The molecule has 0 aliphatic carbocycles. The molecule has 0 fully saturated rings. The maximum Gasteiger partial charge on any atom is 0.233 e. The molecule has 2 aromatic heterocycles. The van der Waals surface area contributed by atoms with E-state index in [0.717, 1.165) is 17.0 Å². The molecule has 28 heavy (non-hydrogen) atoms. The molecule has 2 heterocycles. The van der Waals surface area contributed by atoms with E-state index < -0.39 is 0 Å². The first-order valence-electron chi connectivity index (χ1n) is 9.20. The summed E-state index contributed by atoms with van der Waals surface area (Å²) in [6, 6.07) is 14.0. The van der Waals surface area contributed by atoms with Gasteiger partial charge in [0, 0.05) is 23.5 Å². The average Bonchev–Trinajstić information content (AvgIpc) is 3.04. The minimum absolute atomic E-state index is 0.0165. The Kier molecular flexibility index (Phi) is 6.14. The number of amides is 1. The molecule has 7 heteroatoms. The maximum absolute atomic E-state index is 12.5. The summed E-state index contributed by atoms with van der Waals surface area (Å²) in [6.07, 6.45) is 3.48. The van der Waals surface area contributed by atoms with E-state index in [-0.39, 0.29) is 16.7 Å². The average molecular weight is 396 g/mol. The lowest BCUT2D eigenvalue weighted by Gasteiger charge is -2.23. The van der Waals surface area contributed by atoms with Crippen LogP contribution in [0.4, 0.5) is 0 Å². The summed E-state index contributed by atoms with van der Waals surface area (Å²) in [4.78, 5) is 16.6. The van der Waals surface area contributed by atoms with Crippen molar-refractivity contribution < 1.29 is 4.79 Å². The van der Waals surface area contributed by atoms with Crippen molar-refractivity contribution in [1.82, 2.24) is 25.1 Å². The first-order chi connectivity index (χ1) is 13.3. The normalized spacial score (nSPS) is 12.6. The highest BCUT2D eigenvalue weighted by atomic mass is 32.2. The predicted octanol–water partition coefficient (Wildman–Crippen LogP) is 3.78. The van der Waals surface area contributed by atoms with Gasteiger partial charge in [-0.2, -0.15) is 0 Å². The van der Waals surface area contributed by atoms with Gasteiger partial charge in [0.25, 0.3) is 0 Å². The molecule has 6 nitrogen and oxygen atoms in total. The van der Waals surface area contributed by atoms with Crippen molar-refractivity contribution in [2.45, 2.75) is 50.2 Å². The zero-order valence-electron chi connectivity index (χ0n) is 16.6. The maximum atomic E-state index is 12.5. The quantitative estimate of drug-likeness (QED) is 0.643. The van der Waals surface area contributed by atoms with E-state index in [9.17, 15) is 4.79 Å². The largest absolute Gasteiger partial charge is 0.351 e. The van der Waals surface area contributed by atoms with Crippen molar-refractivity contribution in [2.24, 2.45) is 0 Å². The molecule has 0 aliphatic heterocycles. The molecule has 1 aromatic carbocycles. The minimum atomic E-state index is -0.289. The fraction of sp³-hybridized carbons (Fsp3) is 0.333. The molecule has 0 aliphatic rings. The number of nitrogens with zero attached hydrogens (tertiary/aromatic N) is 4. The van der Waals surface area contributed by atoms with Gasteiger partial charge in [-0.1, -0.05) is 42.1 Å². The molecular formula is C21H25N5OS. The Balaban J connectivity index is 1.90. The summed E-state index contributed by atoms with van der Waals surface area (Å²) in [6.45, 7) is 8.44. The Morgan fingerprint density at radius 3 is 2.43 bits per heavy atom. The van der Waals surface area contributed by atoms with Crippen LogP contribution < -0.4 is 5.32 Å². The van der Waals surface area contributed by atoms with Crippen LogP contribution in [0.15, 0.2) is 60.0 Å². The van der Waals surface area contributed by atoms with Gasteiger partial charge >= 0.3 is 0 Å². The molecule has 0 radical (unpaired) electrons. The zero-order chi connectivity index (χ0) is 20.1. The molecule has 0 spiro atoms. The van der Waals surface area contributed by atoms with E-state index in [1.165, 1.54) is 11.8 Å². The smallest absolute Gasteiger partial charge is 0.233 e. The molecule has 3 aromatic rings. The molecule has 0 unspecified atom stereocenters. The van der Waals surface area contributed by atoms with Crippen LogP contribution in [0.25, 0.3) is 11.4 Å². The van der Waals surface area contributed by atoms with Crippen molar-refractivity contribution in [3.05, 3.63) is 60.4 Å². The second-order valence-electron chi connectivity index (χ2n) is 7.61. The molecule has 146 valence electrons.